The Morgan fingerprint density at radius 2 is 1.97 bits per heavy atom. The van der Waals surface area contributed by atoms with Gasteiger partial charge in [-0.25, -0.2) is 4.98 Å². The Morgan fingerprint density at radius 3 is 2.72 bits per heavy atom. The van der Waals surface area contributed by atoms with E-state index in [0.717, 1.165) is 37.6 Å². The fourth-order valence-corrected chi connectivity index (χ4v) is 4.12. The summed E-state index contributed by atoms with van der Waals surface area (Å²) in [4.78, 5) is 8.59. The van der Waals surface area contributed by atoms with Gasteiger partial charge >= 0.3 is 0 Å². The number of hydrogen-bond donors (Lipinski definition) is 2. The van der Waals surface area contributed by atoms with Crippen molar-refractivity contribution < 1.29 is 4.74 Å². The number of aromatic nitrogens is 2. The molecule has 0 aliphatic carbocycles. The molecule has 2 heterocycles. The molecule has 2 unspecified atom stereocenters. The molecule has 170 valence electrons. The lowest BCUT2D eigenvalue weighted by molar-refractivity contribution is -0.0265. The molecule has 3 aromatic rings. The highest BCUT2D eigenvalue weighted by Crippen LogP contribution is 2.33. The highest BCUT2D eigenvalue weighted by atomic mass is 127. The van der Waals surface area contributed by atoms with E-state index >= 15 is 0 Å². The number of aryl methyl sites for hydroxylation is 1. The van der Waals surface area contributed by atoms with Crippen LogP contribution in [0.2, 0.25) is 0 Å². The van der Waals surface area contributed by atoms with Gasteiger partial charge in [-0.05, 0) is 37.0 Å². The molecule has 1 aliphatic heterocycles. The maximum Gasteiger partial charge on any atom is 0.191 e. The van der Waals surface area contributed by atoms with E-state index in [1.807, 2.05) is 30.2 Å². The summed E-state index contributed by atoms with van der Waals surface area (Å²) in [5.41, 5.74) is 4.83. The fraction of sp³-hybridized carbons (Fsp3) is 0.360. The molecule has 1 aliphatic rings. The molecule has 0 spiro atoms. The van der Waals surface area contributed by atoms with Crippen LogP contribution in [0.4, 0.5) is 0 Å². The maximum absolute atomic E-state index is 6.16. The summed E-state index contributed by atoms with van der Waals surface area (Å²) in [5, 5.41) is 6.97. The van der Waals surface area contributed by atoms with Gasteiger partial charge in [0, 0.05) is 45.1 Å². The van der Waals surface area contributed by atoms with E-state index in [0.29, 0.717) is 12.5 Å². The van der Waals surface area contributed by atoms with Crippen LogP contribution in [0, 0.1) is 12.8 Å². The van der Waals surface area contributed by atoms with Crippen LogP contribution < -0.4 is 10.6 Å². The van der Waals surface area contributed by atoms with E-state index < -0.39 is 0 Å². The number of aliphatic imine (C=N–C) groups is 1. The first-order valence-electron chi connectivity index (χ1n) is 10.9. The first-order chi connectivity index (χ1) is 15.2. The van der Waals surface area contributed by atoms with Crippen molar-refractivity contribution >= 4 is 29.9 Å². The average Bonchev–Trinajstić information content (AvgIpc) is 3.35. The summed E-state index contributed by atoms with van der Waals surface area (Å²) >= 11 is 0. The maximum atomic E-state index is 6.16. The van der Waals surface area contributed by atoms with Gasteiger partial charge in [0.25, 0.3) is 0 Å². The van der Waals surface area contributed by atoms with Gasteiger partial charge in [0.05, 0.1) is 18.1 Å². The quantitative estimate of drug-likeness (QED) is 0.270. The molecule has 1 saturated heterocycles. The SMILES string of the molecule is CN=C(NCc1ccccc1-n1ccnc1)NCC1CCCOC1c1ccc(C)cc1.I. The van der Waals surface area contributed by atoms with Gasteiger partial charge in [-0.3, -0.25) is 4.99 Å². The molecule has 1 fully saturated rings. The van der Waals surface area contributed by atoms with Crippen LogP contribution in [-0.4, -0.2) is 35.7 Å². The number of hydrogen-bond acceptors (Lipinski definition) is 3. The summed E-state index contributed by atoms with van der Waals surface area (Å²) < 4.78 is 8.19. The zero-order valence-electron chi connectivity index (χ0n) is 18.7. The van der Waals surface area contributed by atoms with E-state index in [2.05, 4.69) is 70.0 Å². The molecule has 0 amide bonds. The lowest BCUT2D eigenvalue weighted by atomic mass is 9.89. The Bertz CT molecular complexity index is 988. The second kappa shape index (κ2) is 12.0. The van der Waals surface area contributed by atoms with Crippen molar-refractivity contribution in [2.45, 2.75) is 32.4 Å². The van der Waals surface area contributed by atoms with Gasteiger partial charge in [-0.2, -0.15) is 0 Å². The zero-order chi connectivity index (χ0) is 21.5. The molecule has 6 nitrogen and oxygen atoms in total. The third kappa shape index (κ3) is 6.10. The van der Waals surface area contributed by atoms with Crippen LogP contribution in [0.3, 0.4) is 0 Å². The van der Waals surface area contributed by atoms with Gasteiger partial charge in [-0.15, -0.1) is 24.0 Å². The number of benzene rings is 2. The summed E-state index contributed by atoms with van der Waals surface area (Å²) in [6.45, 7) is 4.44. The zero-order valence-corrected chi connectivity index (χ0v) is 21.0. The largest absolute Gasteiger partial charge is 0.373 e. The third-order valence-corrected chi connectivity index (χ3v) is 5.83. The number of ether oxygens (including phenoxy) is 1. The molecule has 0 bridgehead atoms. The van der Waals surface area contributed by atoms with Crippen molar-refractivity contribution in [1.82, 2.24) is 20.2 Å². The van der Waals surface area contributed by atoms with E-state index in [4.69, 9.17) is 4.74 Å². The molecule has 7 heteroatoms. The lowest BCUT2D eigenvalue weighted by Gasteiger charge is -2.32. The average molecular weight is 545 g/mol. The Kier molecular flexibility index (Phi) is 9.11. The first kappa shape index (κ1) is 24.3. The molecular weight excluding hydrogens is 513 g/mol. The van der Waals surface area contributed by atoms with Gasteiger partial charge in [-0.1, -0.05) is 48.0 Å². The van der Waals surface area contributed by atoms with Crippen LogP contribution in [0.1, 0.15) is 35.6 Å². The minimum absolute atomic E-state index is 0. The van der Waals surface area contributed by atoms with E-state index in [1.165, 1.54) is 16.7 Å². The number of halogens is 1. The fourth-order valence-electron chi connectivity index (χ4n) is 4.12. The van der Waals surface area contributed by atoms with Crippen LogP contribution in [0.25, 0.3) is 5.69 Å². The number of nitrogens with one attached hydrogen (secondary N) is 2. The van der Waals surface area contributed by atoms with Crippen molar-refractivity contribution in [3.8, 4) is 5.69 Å². The van der Waals surface area contributed by atoms with Crippen molar-refractivity contribution in [2.75, 3.05) is 20.2 Å². The van der Waals surface area contributed by atoms with Gasteiger partial charge in [0.2, 0.25) is 0 Å². The van der Waals surface area contributed by atoms with E-state index in [1.54, 1.807) is 6.20 Å². The van der Waals surface area contributed by atoms with Crippen molar-refractivity contribution in [3.63, 3.8) is 0 Å². The second-order valence-corrected chi connectivity index (χ2v) is 8.01. The summed E-state index contributed by atoms with van der Waals surface area (Å²) in [7, 11) is 1.81. The molecule has 1 aromatic heterocycles. The topological polar surface area (TPSA) is 63.5 Å². The van der Waals surface area contributed by atoms with Crippen molar-refractivity contribution in [2.24, 2.45) is 10.9 Å². The summed E-state index contributed by atoms with van der Waals surface area (Å²) in [6, 6.07) is 17.0. The second-order valence-electron chi connectivity index (χ2n) is 8.01. The van der Waals surface area contributed by atoms with Gasteiger partial charge in [0.1, 0.15) is 0 Å². The van der Waals surface area contributed by atoms with Crippen LogP contribution >= 0.6 is 24.0 Å². The number of rotatable bonds is 6. The van der Waals surface area contributed by atoms with Crippen molar-refractivity contribution in [3.05, 3.63) is 83.9 Å². The predicted octanol–water partition coefficient (Wildman–Crippen LogP) is 4.63. The van der Waals surface area contributed by atoms with Crippen molar-refractivity contribution in [1.29, 1.82) is 0 Å². The molecule has 2 aromatic carbocycles. The molecule has 2 N–H and O–H groups in total. The predicted molar refractivity (Wildman–Crippen MR) is 140 cm³/mol. The normalized spacial score (nSPS) is 18.6. The number of nitrogens with zero attached hydrogens (tertiary/aromatic N) is 3. The molecule has 0 radical (unpaired) electrons. The van der Waals surface area contributed by atoms with E-state index in [-0.39, 0.29) is 30.1 Å². The van der Waals surface area contributed by atoms with Crippen LogP contribution in [-0.2, 0) is 11.3 Å². The number of imidazole rings is 1. The molecular formula is C25H32IN5O. The number of para-hydroxylation sites is 1. The summed E-state index contributed by atoms with van der Waals surface area (Å²) in [5.74, 6) is 1.21. The smallest absolute Gasteiger partial charge is 0.191 e. The highest BCUT2D eigenvalue weighted by Gasteiger charge is 2.27. The van der Waals surface area contributed by atoms with Crippen LogP contribution in [0.15, 0.2) is 72.2 Å². The summed E-state index contributed by atoms with van der Waals surface area (Å²) in [6.07, 6.45) is 7.94. The Labute approximate surface area is 207 Å². The lowest BCUT2D eigenvalue weighted by Crippen LogP contribution is -2.41. The highest BCUT2D eigenvalue weighted by molar-refractivity contribution is 14.0. The van der Waals surface area contributed by atoms with E-state index in [9.17, 15) is 0 Å². The van der Waals surface area contributed by atoms with Gasteiger partial charge in [0.15, 0.2) is 5.96 Å². The molecule has 0 saturated carbocycles. The minimum atomic E-state index is 0. The standard InChI is InChI=1S/C25H31N5O.HI/c1-19-9-11-20(12-10-19)24-22(7-5-15-31-24)17-29-25(26-2)28-16-21-6-3-4-8-23(21)30-14-13-27-18-30;/h3-4,6,8-14,18,22,24H,5,7,15-17H2,1-2H3,(H2,26,28,29);1H. The van der Waals surface area contributed by atoms with Crippen LogP contribution in [0.5, 0.6) is 0 Å². The Balaban J connectivity index is 0.00000289. The van der Waals surface area contributed by atoms with Gasteiger partial charge < -0.3 is 19.9 Å². The third-order valence-electron chi connectivity index (χ3n) is 5.83. The Morgan fingerprint density at radius 1 is 1.16 bits per heavy atom. The minimum Gasteiger partial charge on any atom is -0.373 e. The first-order valence-corrected chi connectivity index (χ1v) is 10.9. The molecule has 4 rings (SSSR count). The molecule has 2 atom stereocenters. The monoisotopic (exact) mass is 545 g/mol. The number of guanidine groups is 1. The molecule has 32 heavy (non-hydrogen) atoms. The Hall–Kier alpha value is -2.39.